The molecule has 0 saturated carbocycles. The summed E-state index contributed by atoms with van der Waals surface area (Å²) in [7, 11) is 0. The van der Waals surface area contributed by atoms with Crippen molar-refractivity contribution >= 4 is 46.5 Å². The first-order valence-electron chi connectivity index (χ1n) is 8.05. The molecule has 0 aliphatic rings. The minimum atomic E-state index is -0.605. The van der Waals surface area contributed by atoms with Crippen LogP contribution in [0.2, 0.25) is 10.0 Å². The van der Waals surface area contributed by atoms with Gasteiger partial charge in [0.25, 0.3) is 0 Å². The van der Waals surface area contributed by atoms with Crippen molar-refractivity contribution in [2.45, 2.75) is 12.8 Å². The molecule has 0 heterocycles. The Bertz CT molecular complexity index is 766. The Morgan fingerprint density at radius 1 is 0.923 bits per heavy atom. The smallest absolute Gasteiger partial charge is 0.316 e. The standard InChI is InChI=1S/C18H20Cl2N4O2/c19-15-7-6-14(11-16(15)20)22-9-10-23-17(25)8-3-12-1-4-13(5-2-12)24-18(21)26/h1-2,4-7,11,22H,3,8-10H2,(H,23,25)(H3,21,24,26). The molecule has 8 heteroatoms. The third kappa shape index (κ3) is 6.82. The number of urea groups is 1. The largest absolute Gasteiger partial charge is 0.383 e. The first kappa shape index (κ1) is 19.9. The first-order chi connectivity index (χ1) is 12.4. The highest BCUT2D eigenvalue weighted by Gasteiger charge is 2.03. The topological polar surface area (TPSA) is 96.2 Å². The molecule has 5 N–H and O–H groups in total. The van der Waals surface area contributed by atoms with Crippen molar-refractivity contribution in [1.82, 2.24) is 5.32 Å². The predicted molar refractivity (Wildman–Crippen MR) is 106 cm³/mol. The van der Waals surface area contributed by atoms with Gasteiger partial charge in [0.05, 0.1) is 10.0 Å². The van der Waals surface area contributed by atoms with Crippen LogP contribution < -0.4 is 21.7 Å². The van der Waals surface area contributed by atoms with E-state index in [0.717, 1.165) is 11.3 Å². The second kappa shape index (κ2) is 9.89. The lowest BCUT2D eigenvalue weighted by molar-refractivity contribution is -0.120. The summed E-state index contributed by atoms with van der Waals surface area (Å²) in [5, 5.41) is 9.49. The number of carbonyl (C=O) groups is 2. The van der Waals surface area contributed by atoms with E-state index in [0.29, 0.717) is 41.7 Å². The summed E-state index contributed by atoms with van der Waals surface area (Å²) >= 11 is 11.8. The van der Waals surface area contributed by atoms with Crippen LogP contribution in [0.25, 0.3) is 0 Å². The molecule has 0 aliphatic carbocycles. The maximum absolute atomic E-state index is 11.9. The Morgan fingerprint density at radius 2 is 1.62 bits per heavy atom. The lowest BCUT2D eigenvalue weighted by Gasteiger charge is -2.09. The van der Waals surface area contributed by atoms with Gasteiger partial charge in [-0.1, -0.05) is 35.3 Å². The molecule has 2 rings (SSSR count). The zero-order valence-corrected chi connectivity index (χ0v) is 15.5. The van der Waals surface area contributed by atoms with Crippen LogP contribution in [0, 0.1) is 0 Å². The predicted octanol–water partition coefficient (Wildman–Crippen LogP) is 3.64. The van der Waals surface area contributed by atoms with E-state index in [4.69, 9.17) is 28.9 Å². The summed E-state index contributed by atoms with van der Waals surface area (Å²) in [5.41, 5.74) is 7.52. The third-order valence-corrected chi connectivity index (χ3v) is 4.30. The molecular weight excluding hydrogens is 375 g/mol. The molecule has 6 nitrogen and oxygen atoms in total. The average molecular weight is 395 g/mol. The fraction of sp³-hybridized carbons (Fsp3) is 0.222. The number of halogens is 2. The van der Waals surface area contributed by atoms with Gasteiger partial charge in [0, 0.05) is 30.9 Å². The van der Waals surface area contributed by atoms with E-state index in [1.807, 2.05) is 18.2 Å². The molecule has 26 heavy (non-hydrogen) atoms. The number of aryl methyl sites for hydroxylation is 1. The Kier molecular flexibility index (Phi) is 7.56. The van der Waals surface area contributed by atoms with Gasteiger partial charge >= 0.3 is 6.03 Å². The van der Waals surface area contributed by atoms with Crippen molar-refractivity contribution in [2.75, 3.05) is 23.7 Å². The number of nitrogens with one attached hydrogen (secondary N) is 3. The molecule has 0 atom stereocenters. The minimum Gasteiger partial charge on any atom is -0.383 e. The SMILES string of the molecule is NC(=O)Nc1ccc(CCC(=O)NCCNc2ccc(Cl)c(Cl)c2)cc1. The zero-order chi connectivity index (χ0) is 18.9. The molecule has 3 amide bonds. The van der Waals surface area contributed by atoms with Gasteiger partial charge in [0.15, 0.2) is 0 Å². The van der Waals surface area contributed by atoms with Gasteiger partial charge in [-0.05, 0) is 42.3 Å². The van der Waals surface area contributed by atoms with Crippen molar-refractivity contribution in [1.29, 1.82) is 0 Å². The lowest BCUT2D eigenvalue weighted by atomic mass is 10.1. The monoisotopic (exact) mass is 394 g/mol. The molecule has 0 spiro atoms. The summed E-state index contributed by atoms with van der Waals surface area (Å²) in [5.74, 6) is -0.0275. The number of rotatable bonds is 8. The van der Waals surface area contributed by atoms with E-state index in [1.165, 1.54) is 0 Å². The molecule has 0 saturated heterocycles. The molecule has 2 aromatic carbocycles. The quantitative estimate of drug-likeness (QED) is 0.514. The van der Waals surface area contributed by atoms with Gasteiger partial charge in [0.2, 0.25) is 5.91 Å². The van der Waals surface area contributed by atoms with Crippen LogP contribution in [0.4, 0.5) is 16.2 Å². The normalized spacial score (nSPS) is 10.2. The maximum atomic E-state index is 11.9. The number of hydrogen-bond donors (Lipinski definition) is 4. The average Bonchev–Trinajstić information content (AvgIpc) is 2.60. The van der Waals surface area contributed by atoms with E-state index >= 15 is 0 Å². The fourth-order valence-electron chi connectivity index (χ4n) is 2.26. The summed E-state index contributed by atoms with van der Waals surface area (Å²) < 4.78 is 0. The van der Waals surface area contributed by atoms with Gasteiger partial charge in [-0.3, -0.25) is 4.79 Å². The molecule has 0 fully saturated rings. The highest BCUT2D eigenvalue weighted by Crippen LogP contribution is 2.24. The third-order valence-electron chi connectivity index (χ3n) is 3.56. The second-order valence-electron chi connectivity index (χ2n) is 5.59. The second-order valence-corrected chi connectivity index (χ2v) is 6.41. The van der Waals surface area contributed by atoms with Gasteiger partial charge < -0.3 is 21.7 Å². The maximum Gasteiger partial charge on any atom is 0.316 e. The Morgan fingerprint density at radius 3 is 2.27 bits per heavy atom. The van der Waals surface area contributed by atoms with E-state index in [1.54, 1.807) is 24.3 Å². The molecule has 0 aliphatic heterocycles. The molecule has 0 aromatic heterocycles. The van der Waals surface area contributed by atoms with Crippen molar-refractivity contribution in [3.05, 3.63) is 58.1 Å². The van der Waals surface area contributed by atoms with Gasteiger partial charge in [-0.25, -0.2) is 4.79 Å². The number of amides is 3. The van der Waals surface area contributed by atoms with E-state index in [2.05, 4.69) is 16.0 Å². The molecule has 0 radical (unpaired) electrons. The minimum absolute atomic E-state index is 0.0275. The summed E-state index contributed by atoms with van der Waals surface area (Å²) in [6.07, 6.45) is 0.998. The highest BCUT2D eigenvalue weighted by molar-refractivity contribution is 6.42. The number of nitrogens with two attached hydrogens (primary N) is 1. The van der Waals surface area contributed by atoms with Gasteiger partial charge in [-0.15, -0.1) is 0 Å². The molecular formula is C18H20Cl2N4O2. The molecule has 2 aromatic rings. The van der Waals surface area contributed by atoms with Crippen molar-refractivity contribution in [3.63, 3.8) is 0 Å². The Hall–Kier alpha value is -2.44. The van der Waals surface area contributed by atoms with Crippen LogP contribution in [0.1, 0.15) is 12.0 Å². The van der Waals surface area contributed by atoms with Crippen LogP contribution >= 0.6 is 23.2 Å². The highest BCUT2D eigenvalue weighted by atomic mass is 35.5. The van der Waals surface area contributed by atoms with Crippen LogP contribution in [0.3, 0.4) is 0 Å². The van der Waals surface area contributed by atoms with Crippen LogP contribution in [0.5, 0.6) is 0 Å². The zero-order valence-electron chi connectivity index (χ0n) is 14.0. The van der Waals surface area contributed by atoms with E-state index in [9.17, 15) is 9.59 Å². The number of benzene rings is 2. The first-order valence-corrected chi connectivity index (χ1v) is 8.80. The summed E-state index contributed by atoms with van der Waals surface area (Å²) in [6.45, 7) is 1.08. The molecule has 0 bridgehead atoms. The van der Waals surface area contributed by atoms with Crippen molar-refractivity contribution in [3.8, 4) is 0 Å². The van der Waals surface area contributed by atoms with E-state index < -0.39 is 6.03 Å². The number of carbonyl (C=O) groups excluding carboxylic acids is 2. The Balaban J connectivity index is 1.65. The number of primary amides is 1. The number of anilines is 2. The van der Waals surface area contributed by atoms with Gasteiger partial charge in [0.1, 0.15) is 0 Å². The Labute approximate surface area is 162 Å². The van der Waals surface area contributed by atoms with E-state index in [-0.39, 0.29) is 5.91 Å². The van der Waals surface area contributed by atoms with Crippen molar-refractivity contribution < 1.29 is 9.59 Å². The summed E-state index contributed by atoms with van der Waals surface area (Å²) in [6, 6.07) is 11.9. The van der Waals surface area contributed by atoms with Crippen molar-refractivity contribution in [2.24, 2.45) is 5.73 Å². The summed E-state index contributed by atoms with van der Waals surface area (Å²) in [4.78, 5) is 22.6. The van der Waals surface area contributed by atoms with Gasteiger partial charge in [-0.2, -0.15) is 0 Å². The van der Waals surface area contributed by atoms with Crippen LogP contribution in [0.15, 0.2) is 42.5 Å². The van der Waals surface area contributed by atoms with Crippen LogP contribution in [-0.2, 0) is 11.2 Å². The molecule has 0 unspecified atom stereocenters. The molecule has 138 valence electrons. The van der Waals surface area contributed by atoms with Crippen LogP contribution in [-0.4, -0.2) is 25.0 Å². The fourth-order valence-corrected chi connectivity index (χ4v) is 2.56. The number of hydrogen-bond acceptors (Lipinski definition) is 3. The lowest BCUT2D eigenvalue weighted by Crippen LogP contribution is -2.28.